The van der Waals surface area contributed by atoms with Crippen LogP contribution in [0.5, 0.6) is 28.7 Å². The zero-order valence-corrected chi connectivity index (χ0v) is 30.6. The van der Waals surface area contributed by atoms with Crippen LogP contribution in [0.3, 0.4) is 0 Å². The van der Waals surface area contributed by atoms with Crippen molar-refractivity contribution in [1.82, 2.24) is 9.80 Å². The van der Waals surface area contributed by atoms with E-state index in [1.165, 1.54) is 5.56 Å². The number of benzene rings is 4. The molecule has 0 aliphatic carbocycles. The fourth-order valence-electron chi connectivity index (χ4n) is 7.14. The Hall–Kier alpha value is -6.36. The zero-order chi connectivity index (χ0) is 37.3. The molecule has 0 fully saturated rings. The number of amides is 2. The van der Waals surface area contributed by atoms with Crippen molar-refractivity contribution in [2.24, 2.45) is 9.98 Å². The third kappa shape index (κ3) is 6.57. The lowest BCUT2D eigenvalue weighted by Gasteiger charge is -2.19. The first kappa shape index (κ1) is 34.7. The van der Waals surface area contributed by atoms with Crippen molar-refractivity contribution in [3.8, 4) is 28.7 Å². The SMILES string of the molecule is COc1ccc(C2=CN3C(=O)c4cc(OC)c(OCCCOc5cc6c(cc5OC)C(=O)N5C=C(c7ccc(C)cc7)CC5C=N6)cc4N=C[C@@H]3C2)cc1. The Morgan fingerprint density at radius 1 is 0.611 bits per heavy atom. The minimum Gasteiger partial charge on any atom is -0.497 e. The lowest BCUT2D eigenvalue weighted by atomic mass is 10.0. The fourth-order valence-corrected chi connectivity index (χ4v) is 7.14. The maximum absolute atomic E-state index is 13.7. The molecule has 2 amide bonds. The van der Waals surface area contributed by atoms with Crippen molar-refractivity contribution in [3.63, 3.8) is 0 Å². The molecule has 2 atom stereocenters. The summed E-state index contributed by atoms with van der Waals surface area (Å²) in [6.45, 7) is 2.68. The molecule has 0 spiro atoms. The van der Waals surface area contributed by atoms with Crippen LogP contribution in [0.25, 0.3) is 11.1 Å². The van der Waals surface area contributed by atoms with Gasteiger partial charge in [-0.25, -0.2) is 0 Å². The number of aryl methyl sites for hydroxylation is 1. The molecule has 11 nitrogen and oxygen atoms in total. The first-order chi connectivity index (χ1) is 26.3. The molecule has 4 aromatic rings. The van der Waals surface area contributed by atoms with Gasteiger partial charge in [0.15, 0.2) is 23.0 Å². The van der Waals surface area contributed by atoms with E-state index < -0.39 is 0 Å². The fraction of sp³-hybridized carbons (Fsp3) is 0.256. The Bertz CT molecular complexity index is 2240. The second-order valence-corrected chi connectivity index (χ2v) is 13.5. The topological polar surface area (TPSA) is 111 Å². The Kier molecular flexibility index (Phi) is 9.37. The standard InChI is InChI=1S/C43H40N4O7/c1-26-6-8-27(9-7-26)29-16-31-22-44-36-20-40(38(51-3)18-34(36)42(48)46(31)24-29)53-14-5-15-54-41-21-37-35(19-39(41)52-4)43(49)47-25-30(17-32(47)23-45-37)28-10-12-33(50-2)13-11-28/h6-13,18-25,31-32H,5,14-17H2,1-4H3/t31?,32-/m0/s1. The summed E-state index contributed by atoms with van der Waals surface area (Å²) in [5.41, 5.74) is 7.41. The lowest BCUT2D eigenvalue weighted by Crippen LogP contribution is -2.32. The van der Waals surface area contributed by atoms with Crippen molar-refractivity contribution in [1.29, 1.82) is 0 Å². The summed E-state index contributed by atoms with van der Waals surface area (Å²) in [6, 6.07) is 22.6. The maximum atomic E-state index is 13.7. The molecule has 1 unspecified atom stereocenters. The van der Waals surface area contributed by atoms with E-state index in [1.54, 1.807) is 55.4 Å². The molecule has 4 aromatic carbocycles. The lowest BCUT2D eigenvalue weighted by molar-refractivity contribution is 0.0809. The first-order valence-electron chi connectivity index (χ1n) is 17.9. The summed E-state index contributed by atoms with van der Waals surface area (Å²) >= 11 is 0. The number of methoxy groups -OCH3 is 3. The summed E-state index contributed by atoms with van der Waals surface area (Å²) in [4.78, 5) is 40.4. The molecular weight excluding hydrogens is 684 g/mol. The van der Waals surface area contributed by atoms with E-state index in [-0.39, 0.29) is 23.9 Å². The van der Waals surface area contributed by atoms with Crippen LogP contribution in [0.4, 0.5) is 11.4 Å². The van der Waals surface area contributed by atoms with Gasteiger partial charge in [0.25, 0.3) is 11.8 Å². The minimum absolute atomic E-state index is 0.135. The second kappa shape index (κ2) is 14.6. The molecule has 0 N–H and O–H groups in total. The van der Waals surface area contributed by atoms with Gasteiger partial charge in [0, 0.05) is 56.2 Å². The van der Waals surface area contributed by atoms with E-state index in [0.717, 1.165) is 28.0 Å². The van der Waals surface area contributed by atoms with Crippen molar-refractivity contribution in [2.45, 2.75) is 38.3 Å². The first-order valence-corrected chi connectivity index (χ1v) is 17.9. The van der Waals surface area contributed by atoms with Crippen LogP contribution in [-0.4, -0.2) is 80.7 Å². The van der Waals surface area contributed by atoms with Gasteiger partial charge in [0.1, 0.15) is 5.75 Å². The van der Waals surface area contributed by atoms with Crippen LogP contribution in [0, 0.1) is 6.92 Å². The molecule has 0 bridgehead atoms. The summed E-state index contributed by atoms with van der Waals surface area (Å²) in [5.74, 6) is 2.34. The molecule has 0 saturated heterocycles. The highest BCUT2D eigenvalue weighted by atomic mass is 16.5. The number of carbonyl (C=O) groups is 2. The minimum atomic E-state index is -0.200. The average molecular weight is 725 g/mol. The van der Waals surface area contributed by atoms with Gasteiger partial charge in [0.05, 0.1) is 69.1 Å². The van der Waals surface area contributed by atoms with Gasteiger partial charge in [-0.2, -0.15) is 0 Å². The van der Waals surface area contributed by atoms with E-state index in [2.05, 4.69) is 31.2 Å². The predicted octanol–water partition coefficient (Wildman–Crippen LogP) is 7.81. The quantitative estimate of drug-likeness (QED) is 0.145. The van der Waals surface area contributed by atoms with E-state index in [4.69, 9.17) is 33.7 Å². The predicted molar refractivity (Wildman–Crippen MR) is 207 cm³/mol. The smallest absolute Gasteiger partial charge is 0.260 e. The molecule has 11 heteroatoms. The number of rotatable bonds is 11. The zero-order valence-electron chi connectivity index (χ0n) is 30.6. The molecule has 0 radical (unpaired) electrons. The molecule has 4 heterocycles. The van der Waals surface area contributed by atoms with Crippen molar-refractivity contribution in [3.05, 3.63) is 113 Å². The summed E-state index contributed by atoms with van der Waals surface area (Å²) in [5, 5.41) is 0. The van der Waals surface area contributed by atoms with Gasteiger partial charge in [-0.15, -0.1) is 0 Å². The van der Waals surface area contributed by atoms with Crippen LogP contribution in [0.1, 0.15) is 56.7 Å². The van der Waals surface area contributed by atoms with E-state index >= 15 is 0 Å². The summed E-state index contributed by atoms with van der Waals surface area (Å²) in [7, 11) is 4.73. The molecule has 54 heavy (non-hydrogen) atoms. The third-order valence-electron chi connectivity index (χ3n) is 10.1. The number of ether oxygens (including phenoxy) is 5. The molecular formula is C43H40N4O7. The number of nitrogens with zero attached hydrogens (tertiary/aromatic N) is 4. The van der Waals surface area contributed by atoms with Gasteiger partial charge in [-0.1, -0.05) is 42.0 Å². The molecule has 0 aromatic heterocycles. The Balaban J connectivity index is 0.909. The van der Waals surface area contributed by atoms with E-state index in [0.29, 0.717) is 78.0 Å². The number of hydrogen-bond acceptors (Lipinski definition) is 9. The largest absolute Gasteiger partial charge is 0.497 e. The molecule has 4 aliphatic rings. The normalized spacial score (nSPS) is 18.1. The highest BCUT2D eigenvalue weighted by Gasteiger charge is 2.35. The van der Waals surface area contributed by atoms with E-state index in [1.807, 2.05) is 49.1 Å². The van der Waals surface area contributed by atoms with Gasteiger partial charge in [-0.05, 0) is 53.5 Å². The average Bonchev–Trinajstić information content (AvgIpc) is 3.78. The summed E-state index contributed by atoms with van der Waals surface area (Å²) in [6.07, 6.45) is 9.35. The van der Waals surface area contributed by atoms with E-state index in [9.17, 15) is 9.59 Å². The Morgan fingerprint density at radius 2 is 1.07 bits per heavy atom. The van der Waals surface area contributed by atoms with Gasteiger partial charge in [-0.3, -0.25) is 19.6 Å². The maximum Gasteiger partial charge on any atom is 0.260 e. The Morgan fingerprint density at radius 3 is 1.52 bits per heavy atom. The van der Waals surface area contributed by atoms with Crippen molar-refractivity contribution < 1.29 is 33.3 Å². The molecule has 4 aliphatic heterocycles. The molecule has 0 saturated carbocycles. The number of aliphatic imine (C=N–C) groups is 2. The molecule has 274 valence electrons. The Labute approximate surface area is 313 Å². The van der Waals surface area contributed by atoms with Crippen molar-refractivity contribution in [2.75, 3.05) is 34.5 Å². The summed E-state index contributed by atoms with van der Waals surface area (Å²) < 4.78 is 28.8. The van der Waals surface area contributed by atoms with Gasteiger partial charge < -0.3 is 33.5 Å². The van der Waals surface area contributed by atoms with Crippen molar-refractivity contribution >= 4 is 46.8 Å². The molecule has 8 rings (SSSR count). The number of carbonyl (C=O) groups excluding carboxylic acids is 2. The van der Waals surface area contributed by atoms with Gasteiger partial charge >= 0.3 is 0 Å². The highest BCUT2D eigenvalue weighted by molar-refractivity contribution is 6.06. The van der Waals surface area contributed by atoms with Crippen LogP contribution < -0.4 is 23.7 Å². The van der Waals surface area contributed by atoms with Crippen LogP contribution in [0.2, 0.25) is 0 Å². The number of hydrogen-bond donors (Lipinski definition) is 0. The number of fused-ring (bicyclic) bond motifs is 4. The highest BCUT2D eigenvalue weighted by Crippen LogP contribution is 2.42. The third-order valence-corrected chi connectivity index (χ3v) is 10.1. The monoisotopic (exact) mass is 724 g/mol. The van der Waals surface area contributed by atoms with Gasteiger partial charge in [0.2, 0.25) is 0 Å². The second-order valence-electron chi connectivity index (χ2n) is 13.5. The van der Waals surface area contributed by atoms with Crippen LogP contribution in [0.15, 0.2) is 95.2 Å². The van der Waals surface area contributed by atoms with Crippen LogP contribution in [-0.2, 0) is 0 Å². The van der Waals surface area contributed by atoms with Crippen LogP contribution >= 0.6 is 0 Å².